The molecule has 0 spiro atoms. The Morgan fingerprint density at radius 2 is 2.25 bits per heavy atom. The second kappa shape index (κ2) is 4.03. The SMILES string of the molecule is CO/N=C(\C#N)c1cncnc1. The van der Waals surface area contributed by atoms with E-state index in [0.29, 0.717) is 5.56 Å². The van der Waals surface area contributed by atoms with Crippen LogP contribution in [0.15, 0.2) is 23.9 Å². The van der Waals surface area contributed by atoms with E-state index < -0.39 is 0 Å². The van der Waals surface area contributed by atoms with Crippen LogP contribution in [0.4, 0.5) is 0 Å². The van der Waals surface area contributed by atoms with Crippen LogP contribution in [0, 0.1) is 11.3 Å². The predicted molar refractivity (Wildman–Crippen MR) is 41.2 cm³/mol. The van der Waals surface area contributed by atoms with E-state index in [-0.39, 0.29) is 5.71 Å². The quantitative estimate of drug-likeness (QED) is 0.464. The molecule has 60 valence electrons. The first-order valence-corrected chi connectivity index (χ1v) is 3.15. The molecule has 0 saturated heterocycles. The van der Waals surface area contributed by atoms with Crippen LogP contribution in [0.3, 0.4) is 0 Å². The summed E-state index contributed by atoms with van der Waals surface area (Å²) >= 11 is 0. The largest absolute Gasteiger partial charge is 0.398 e. The third-order valence-electron chi connectivity index (χ3n) is 1.12. The summed E-state index contributed by atoms with van der Waals surface area (Å²) in [5.74, 6) is 0. The monoisotopic (exact) mass is 162 g/mol. The van der Waals surface area contributed by atoms with Crippen LogP contribution in [0.5, 0.6) is 0 Å². The fraction of sp³-hybridized carbons (Fsp3) is 0.143. The van der Waals surface area contributed by atoms with Crippen LogP contribution >= 0.6 is 0 Å². The van der Waals surface area contributed by atoms with Gasteiger partial charge in [-0.25, -0.2) is 9.97 Å². The second-order valence-electron chi connectivity index (χ2n) is 1.86. The van der Waals surface area contributed by atoms with E-state index >= 15 is 0 Å². The first kappa shape index (κ1) is 8.14. The fourth-order valence-corrected chi connectivity index (χ4v) is 0.650. The molecule has 0 aromatic carbocycles. The van der Waals surface area contributed by atoms with Crippen LogP contribution in [-0.2, 0) is 4.84 Å². The molecule has 0 fully saturated rings. The maximum absolute atomic E-state index is 8.59. The van der Waals surface area contributed by atoms with Crippen LogP contribution < -0.4 is 0 Å². The summed E-state index contributed by atoms with van der Waals surface area (Å²) in [5.41, 5.74) is 0.708. The fourth-order valence-electron chi connectivity index (χ4n) is 0.650. The third-order valence-corrected chi connectivity index (χ3v) is 1.12. The van der Waals surface area contributed by atoms with E-state index in [4.69, 9.17) is 5.26 Å². The Bertz CT molecular complexity index is 314. The summed E-state index contributed by atoms with van der Waals surface area (Å²) in [6.07, 6.45) is 4.37. The zero-order chi connectivity index (χ0) is 8.81. The number of hydrogen-bond donors (Lipinski definition) is 0. The Labute approximate surface area is 69.3 Å². The van der Waals surface area contributed by atoms with Gasteiger partial charge in [0.25, 0.3) is 0 Å². The highest BCUT2D eigenvalue weighted by Crippen LogP contribution is 1.95. The molecule has 0 radical (unpaired) electrons. The van der Waals surface area contributed by atoms with Crippen molar-refractivity contribution in [1.29, 1.82) is 5.26 Å². The van der Waals surface area contributed by atoms with E-state index in [1.54, 1.807) is 0 Å². The van der Waals surface area contributed by atoms with Gasteiger partial charge >= 0.3 is 0 Å². The van der Waals surface area contributed by atoms with Crippen molar-refractivity contribution in [1.82, 2.24) is 9.97 Å². The van der Waals surface area contributed by atoms with Gasteiger partial charge in [0.1, 0.15) is 19.5 Å². The van der Waals surface area contributed by atoms with E-state index in [1.807, 2.05) is 6.07 Å². The van der Waals surface area contributed by atoms with Crippen molar-refractivity contribution >= 4 is 5.71 Å². The molecule has 0 amide bonds. The van der Waals surface area contributed by atoms with Crippen molar-refractivity contribution in [2.45, 2.75) is 0 Å². The Hall–Kier alpha value is -1.96. The molecule has 0 saturated carbocycles. The molecule has 1 aromatic rings. The second-order valence-corrected chi connectivity index (χ2v) is 1.86. The van der Waals surface area contributed by atoms with Gasteiger partial charge in [-0.05, 0) is 0 Å². The molecule has 0 aliphatic carbocycles. The van der Waals surface area contributed by atoms with Crippen LogP contribution in [0.2, 0.25) is 0 Å². The molecule has 1 heterocycles. The number of oxime groups is 1. The van der Waals surface area contributed by atoms with Crippen LogP contribution in [-0.4, -0.2) is 22.8 Å². The van der Waals surface area contributed by atoms with Crippen LogP contribution in [0.25, 0.3) is 0 Å². The summed E-state index contributed by atoms with van der Waals surface area (Å²) in [7, 11) is 1.38. The summed E-state index contributed by atoms with van der Waals surface area (Å²) in [6.45, 7) is 0. The molecule has 0 aliphatic rings. The Balaban J connectivity index is 2.98. The smallest absolute Gasteiger partial charge is 0.189 e. The number of nitrogens with zero attached hydrogens (tertiary/aromatic N) is 4. The lowest BCUT2D eigenvalue weighted by molar-refractivity contribution is 0.214. The van der Waals surface area contributed by atoms with Gasteiger partial charge in [-0.3, -0.25) is 0 Å². The number of aromatic nitrogens is 2. The lowest BCUT2D eigenvalue weighted by atomic mass is 10.2. The van der Waals surface area contributed by atoms with Gasteiger partial charge in [0, 0.05) is 12.4 Å². The minimum absolute atomic E-state index is 0.165. The molecule has 1 aromatic heterocycles. The van der Waals surface area contributed by atoms with Crippen LogP contribution in [0.1, 0.15) is 5.56 Å². The van der Waals surface area contributed by atoms with E-state index in [2.05, 4.69) is 20.0 Å². The highest BCUT2D eigenvalue weighted by molar-refractivity contribution is 6.10. The molecule has 0 N–H and O–H groups in total. The molecule has 5 heteroatoms. The minimum atomic E-state index is 0.165. The Morgan fingerprint density at radius 1 is 1.58 bits per heavy atom. The molecule has 0 bridgehead atoms. The molecule has 1 rings (SSSR count). The van der Waals surface area contributed by atoms with Gasteiger partial charge < -0.3 is 4.84 Å². The normalized spacial score (nSPS) is 10.5. The maximum atomic E-state index is 8.59. The molecule has 0 atom stereocenters. The number of rotatable bonds is 2. The summed E-state index contributed by atoms with van der Waals surface area (Å²) in [6, 6.07) is 1.86. The summed E-state index contributed by atoms with van der Waals surface area (Å²) < 4.78 is 0. The number of hydrogen-bond acceptors (Lipinski definition) is 5. The lowest BCUT2D eigenvalue weighted by Crippen LogP contribution is -1.98. The van der Waals surface area contributed by atoms with Gasteiger partial charge in [0.15, 0.2) is 5.71 Å². The Morgan fingerprint density at radius 3 is 2.75 bits per heavy atom. The maximum Gasteiger partial charge on any atom is 0.189 e. The van der Waals surface area contributed by atoms with Crippen molar-refractivity contribution in [2.75, 3.05) is 7.11 Å². The molecular weight excluding hydrogens is 156 g/mol. The van der Waals surface area contributed by atoms with E-state index in [0.717, 1.165) is 0 Å². The predicted octanol–water partition coefficient (Wildman–Crippen LogP) is 0.351. The molecular formula is C7H6N4O. The summed E-state index contributed by atoms with van der Waals surface area (Å²) in [4.78, 5) is 11.9. The number of nitriles is 1. The van der Waals surface area contributed by atoms with Gasteiger partial charge in [-0.2, -0.15) is 5.26 Å². The molecule has 0 unspecified atom stereocenters. The van der Waals surface area contributed by atoms with E-state index in [9.17, 15) is 0 Å². The highest BCUT2D eigenvalue weighted by atomic mass is 16.6. The zero-order valence-corrected chi connectivity index (χ0v) is 6.43. The van der Waals surface area contributed by atoms with E-state index in [1.165, 1.54) is 25.8 Å². The van der Waals surface area contributed by atoms with Gasteiger partial charge in [0.2, 0.25) is 0 Å². The first-order chi connectivity index (χ1) is 5.88. The summed E-state index contributed by atoms with van der Waals surface area (Å²) in [5, 5.41) is 12.1. The lowest BCUT2D eigenvalue weighted by Gasteiger charge is -1.93. The standard InChI is InChI=1S/C7H6N4O/c1-12-11-7(2-8)6-3-9-5-10-4-6/h3-5H,1H3/b11-7+. The molecule has 0 aliphatic heterocycles. The first-order valence-electron chi connectivity index (χ1n) is 3.15. The minimum Gasteiger partial charge on any atom is -0.398 e. The van der Waals surface area contributed by atoms with Crippen molar-refractivity contribution < 1.29 is 4.84 Å². The molecule has 12 heavy (non-hydrogen) atoms. The van der Waals surface area contributed by atoms with Crippen molar-refractivity contribution in [3.8, 4) is 6.07 Å². The average Bonchev–Trinajstić information content (AvgIpc) is 2.15. The highest BCUT2D eigenvalue weighted by Gasteiger charge is 2.01. The zero-order valence-electron chi connectivity index (χ0n) is 6.43. The van der Waals surface area contributed by atoms with Gasteiger partial charge in [-0.15, -0.1) is 0 Å². The van der Waals surface area contributed by atoms with Gasteiger partial charge in [-0.1, -0.05) is 5.16 Å². The average molecular weight is 162 g/mol. The van der Waals surface area contributed by atoms with Crippen molar-refractivity contribution in [2.24, 2.45) is 5.16 Å². The van der Waals surface area contributed by atoms with Crippen molar-refractivity contribution in [3.05, 3.63) is 24.3 Å². The molecule has 5 nitrogen and oxygen atoms in total. The van der Waals surface area contributed by atoms with Crippen molar-refractivity contribution in [3.63, 3.8) is 0 Å². The Kier molecular flexibility index (Phi) is 2.73. The van der Waals surface area contributed by atoms with Gasteiger partial charge in [0.05, 0.1) is 5.56 Å². The topological polar surface area (TPSA) is 71.2 Å². The third kappa shape index (κ3) is 1.76.